The highest BCUT2D eigenvalue weighted by Crippen LogP contribution is 2.80. The van der Waals surface area contributed by atoms with Crippen molar-refractivity contribution in [1.29, 1.82) is 0 Å². The minimum atomic E-state index is -1.53. The van der Waals surface area contributed by atoms with Gasteiger partial charge in [-0.15, -0.1) is 11.6 Å². The van der Waals surface area contributed by atoms with Gasteiger partial charge in [-0.1, -0.05) is 13.8 Å². The molecule has 0 radical (unpaired) electrons. The Hall–Kier alpha value is 0.467. The quantitative estimate of drug-likeness (QED) is 0.539. The molecule has 4 fully saturated rings. The molecule has 0 amide bonds. The number of rotatable bonds is 2. The predicted octanol–water partition coefficient (Wildman–Crippen LogP) is 4.27. The van der Waals surface area contributed by atoms with Crippen LogP contribution >= 0.6 is 11.6 Å². The molecule has 98 valence electrons. The van der Waals surface area contributed by atoms with Crippen molar-refractivity contribution < 1.29 is 4.43 Å². The molecule has 0 aromatic heterocycles. The lowest BCUT2D eigenvalue weighted by Gasteiger charge is -2.60. The smallest absolute Gasteiger partial charge is 0.184 e. The Kier molecular flexibility index (Phi) is 2.18. The fraction of sp³-hybridized carbons (Fsp3) is 1.00. The fourth-order valence-electron chi connectivity index (χ4n) is 4.82. The fourth-order valence-corrected chi connectivity index (χ4v) is 6.90. The third-order valence-electron chi connectivity index (χ3n) is 5.84. The van der Waals surface area contributed by atoms with E-state index in [2.05, 4.69) is 40.4 Å². The molecule has 17 heavy (non-hydrogen) atoms. The molecule has 4 aliphatic carbocycles. The summed E-state index contributed by atoms with van der Waals surface area (Å²) in [5.41, 5.74) is 0.458. The summed E-state index contributed by atoms with van der Waals surface area (Å²) in [7, 11) is -1.53. The van der Waals surface area contributed by atoms with E-state index in [-0.39, 0.29) is 10.5 Å². The van der Waals surface area contributed by atoms with Gasteiger partial charge in [0, 0.05) is 5.92 Å². The van der Waals surface area contributed by atoms with E-state index in [0.29, 0.717) is 17.3 Å². The minimum Gasteiger partial charge on any atom is -0.410 e. The molecule has 0 unspecified atom stereocenters. The lowest BCUT2D eigenvalue weighted by molar-refractivity contribution is -0.145. The first-order chi connectivity index (χ1) is 7.53. The first-order valence-corrected chi connectivity index (χ1v) is 10.7. The molecule has 4 saturated carbocycles. The Morgan fingerprint density at radius 2 is 1.59 bits per heavy atom. The molecular weight excluding hydrogens is 248 g/mol. The lowest BCUT2D eigenvalue weighted by atomic mass is 9.47. The van der Waals surface area contributed by atoms with E-state index >= 15 is 0 Å². The van der Waals surface area contributed by atoms with Gasteiger partial charge in [0.1, 0.15) is 0 Å². The maximum Gasteiger partial charge on any atom is 0.184 e. The van der Waals surface area contributed by atoms with Crippen LogP contribution in [0.5, 0.6) is 0 Å². The molecule has 2 bridgehead atoms. The second-order valence-electron chi connectivity index (χ2n) is 8.18. The van der Waals surface area contributed by atoms with Crippen molar-refractivity contribution in [2.75, 3.05) is 0 Å². The first-order valence-electron chi connectivity index (χ1n) is 6.92. The Morgan fingerprint density at radius 1 is 1.06 bits per heavy atom. The van der Waals surface area contributed by atoms with Gasteiger partial charge < -0.3 is 4.43 Å². The molecular formula is C14H25ClOSi. The summed E-state index contributed by atoms with van der Waals surface area (Å²) in [5, 5.41) is 0. The molecule has 0 heterocycles. The Labute approximate surface area is 111 Å². The second-order valence-corrected chi connectivity index (χ2v) is 13.4. The molecule has 4 aliphatic rings. The van der Waals surface area contributed by atoms with E-state index in [0.717, 1.165) is 5.92 Å². The molecule has 0 spiro atoms. The lowest BCUT2D eigenvalue weighted by Crippen LogP contribution is -2.59. The maximum atomic E-state index is 6.82. The van der Waals surface area contributed by atoms with Crippen molar-refractivity contribution in [3.63, 3.8) is 0 Å². The molecule has 0 saturated heterocycles. The monoisotopic (exact) mass is 272 g/mol. The van der Waals surface area contributed by atoms with Crippen LogP contribution < -0.4 is 0 Å². The van der Waals surface area contributed by atoms with Gasteiger partial charge in [0.2, 0.25) is 0 Å². The van der Waals surface area contributed by atoms with Crippen LogP contribution in [0.4, 0.5) is 0 Å². The molecule has 5 atom stereocenters. The highest BCUT2D eigenvalue weighted by molar-refractivity contribution is 6.70. The van der Waals surface area contributed by atoms with Crippen LogP contribution in [-0.4, -0.2) is 18.8 Å². The van der Waals surface area contributed by atoms with Crippen molar-refractivity contribution in [3.8, 4) is 0 Å². The van der Waals surface area contributed by atoms with Crippen molar-refractivity contribution >= 4 is 19.9 Å². The van der Waals surface area contributed by atoms with Crippen LogP contribution in [0, 0.1) is 23.2 Å². The van der Waals surface area contributed by atoms with Crippen molar-refractivity contribution in [2.45, 2.75) is 63.7 Å². The molecule has 3 heteroatoms. The zero-order valence-electron chi connectivity index (χ0n) is 11.9. The minimum absolute atomic E-state index is 0.0112. The summed E-state index contributed by atoms with van der Waals surface area (Å²) in [6, 6.07) is 0. The average Bonchev–Trinajstić information content (AvgIpc) is 2.59. The van der Waals surface area contributed by atoms with Crippen LogP contribution in [0.2, 0.25) is 19.6 Å². The van der Waals surface area contributed by atoms with E-state index < -0.39 is 8.32 Å². The summed E-state index contributed by atoms with van der Waals surface area (Å²) in [5.74, 6) is 2.18. The van der Waals surface area contributed by atoms with E-state index in [1.807, 2.05) is 0 Å². The molecule has 0 N–H and O–H groups in total. The molecule has 0 aromatic rings. The Bertz CT molecular complexity index is 371. The van der Waals surface area contributed by atoms with Crippen LogP contribution in [0.15, 0.2) is 0 Å². The first kappa shape index (κ1) is 12.5. The van der Waals surface area contributed by atoms with E-state index in [9.17, 15) is 0 Å². The predicted molar refractivity (Wildman–Crippen MR) is 74.9 cm³/mol. The van der Waals surface area contributed by atoms with Crippen molar-refractivity contribution in [2.24, 2.45) is 23.2 Å². The summed E-state index contributed by atoms with van der Waals surface area (Å²) in [6.07, 6.45) is 2.63. The van der Waals surface area contributed by atoms with E-state index in [1.165, 1.54) is 12.8 Å². The van der Waals surface area contributed by atoms with Gasteiger partial charge in [-0.25, -0.2) is 0 Å². The SMILES string of the molecule is CC1(C)[C@H]2C[C@H]1[C@]1(O[Si](C)(C)C)[C@H](C2)[C@]1(C)Cl. The van der Waals surface area contributed by atoms with Gasteiger partial charge in [-0.3, -0.25) is 0 Å². The topological polar surface area (TPSA) is 9.23 Å². The number of hydrogen-bond acceptors (Lipinski definition) is 1. The maximum absolute atomic E-state index is 6.82. The zero-order valence-corrected chi connectivity index (χ0v) is 13.7. The van der Waals surface area contributed by atoms with Gasteiger partial charge in [-0.2, -0.15) is 0 Å². The number of alkyl halides is 1. The Morgan fingerprint density at radius 3 is 2.06 bits per heavy atom. The van der Waals surface area contributed by atoms with Gasteiger partial charge in [0.05, 0.1) is 10.5 Å². The van der Waals surface area contributed by atoms with Crippen molar-refractivity contribution in [1.82, 2.24) is 0 Å². The standard InChI is InChI=1S/C14H25ClOSi/c1-12(2)9-7-10(12)14(16-17(4,5)6)11(8-9)13(14,3)15/h9-11H,7-8H2,1-6H3/t9-,10+,11+,13-,14-/m0/s1. The van der Waals surface area contributed by atoms with Gasteiger partial charge in [0.15, 0.2) is 8.32 Å². The van der Waals surface area contributed by atoms with Crippen LogP contribution in [0.3, 0.4) is 0 Å². The van der Waals surface area contributed by atoms with Crippen LogP contribution in [-0.2, 0) is 4.43 Å². The normalized spacial score (nSPS) is 54.9. The number of halogens is 1. The highest BCUT2D eigenvalue weighted by atomic mass is 35.5. The third-order valence-corrected chi connectivity index (χ3v) is 7.35. The number of hydrogen-bond donors (Lipinski definition) is 0. The largest absolute Gasteiger partial charge is 0.410 e. The molecule has 4 rings (SSSR count). The molecule has 1 nitrogen and oxygen atoms in total. The summed E-state index contributed by atoms with van der Waals surface area (Å²) >= 11 is 6.82. The summed E-state index contributed by atoms with van der Waals surface area (Å²) in [6.45, 7) is 13.9. The highest BCUT2D eigenvalue weighted by Gasteiger charge is 2.85. The van der Waals surface area contributed by atoms with E-state index in [4.69, 9.17) is 16.0 Å². The Balaban J connectivity index is 1.96. The van der Waals surface area contributed by atoms with E-state index in [1.54, 1.807) is 0 Å². The molecule has 0 aromatic carbocycles. The van der Waals surface area contributed by atoms with Gasteiger partial charge in [-0.05, 0) is 56.7 Å². The van der Waals surface area contributed by atoms with Crippen LogP contribution in [0.25, 0.3) is 0 Å². The summed E-state index contributed by atoms with van der Waals surface area (Å²) in [4.78, 5) is -0.0968. The van der Waals surface area contributed by atoms with Crippen molar-refractivity contribution in [3.05, 3.63) is 0 Å². The zero-order chi connectivity index (χ0) is 12.9. The van der Waals surface area contributed by atoms with Gasteiger partial charge >= 0.3 is 0 Å². The molecule has 0 aliphatic heterocycles. The van der Waals surface area contributed by atoms with Crippen LogP contribution in [0.1, 0.15) is 33.6 Å². The summed E-state index contributed by atoms with van der Waals surface area (Å²) < 4.78 is 6.65. The average molecular weight is 273 g/mol. The third kappa shape index (κ3) is 1.30. The second kappa shape index (κ2) is 2.96. The van der Waals surface area contributed by atoms with Gasteiger partial charge in [0.25, 0.3) is 0 Å².